The van der Waals surface area contributed by atoms with Crippen LogP contribution in [0.2, 0.25) is 0 Å². The third kappa shape index (κ3) is 2.90. The number of carbonyl (C=O) groups excluding carboxylic acids is 1. The van der Waals surface area contributed by atoms with Gasteiger partial charge in [-0.2, -0.15) is 0 Å². The van der Waals surface area contributed by atoms with E-state index in [2.05, 4.69) is 24.0 Å². The number of amides is 1. The van der Waals surface area contributed by atoms with Gasteiger partial charge in [0.2, 0.25) is 5.91 Å². The number of aryl methyl sites for hydroxylation is 1. The Hall–Kier alpha value is -2.14. The summed E-state index contributed by atoms with van der Waals surface area (Å²) in [4.78, 5) is 20.7. The molecule has 3 rings (SSSR count). The lowest BCUT2D eigenvalue weighted by Gasteiger charge is -2.35. The molecule has 1 aromatic carbocycles. The average Bonchev–Trinajstić information content (AvgIpc) is 2.55. The molecule has 0 unspecified atom stereocenters. The molecule has 2 aromatic rings. The van der Waals surface area contributed by atoms with Gasteiger partial charge in [0.05, 0.1) is 5.52 Å². The predicted octanol–water partition coefficient (Wildman–Crippen LogP) is 1.84. The van der Waals surface area contributed by atoms with Gasteiger partial charge in [0.1, 0.15) is 12.4 Å². The molecule has 0 radical (unpaired) electrons. The smallest absolute Gasteiger partial charge is 0.248 e. The molecule has 1 aliphatic rings. The molecule has 1 fully saturated rings. The van der Waals surface area contributed by atoms with Gasteiger partial charge in [0.15, 0.2) is 0 Å². The van der Waals surface area contributed by atoms with Crippen LogP contribution in [0.4, 0.5) is 5.82 Å². The van der Waals surface area contributed by atoms with Crippen molar-refractivity contribution in [1.82, 2.24) is 9.88 Å². The maximum atomic E-state index is 11.8. The minimum Gasteiger partial charge on any atom is -0.375 e. The maximum Gasteiger partial charge on any atom is 0.248 e. The second-order valence-corrected chi connectivity index (χ2v) is 5.62. The van der Waals surface area contributed by atoms with Crippen LogP contribution < -0.4 is 4.90 Å². The highest BCUT2D eigenvalue weighted by atomic mass is 16.5. The summed E-state index contributed by atoms with van der Waals surface area (Å²) in [5, 5.41) is 1.19. The molecule has 2 heterocycles. The van der Waals surface area contributed by atoms with E-state index in [4.69, 9.17) is 9.72 Å². The van der Waals surface area contributed by atoms with E-state index in [1.807, 2.05) is 23.1 Å². The molecular formula is C17H21N3O2. The highest BCUT2D eigenvalue weighted by molar-refractivity contribution is 5.84. The Balaban J connectivity index is 1.75. The van der Waals surface area contributed by atoms with Crippen LogP contribution in [-0.4, -0.2) is 55.7 Å². The first-order valence-electron chi connectivity index (χ1n) is 7.57. The Morgan fingerprint density at radius 3 is 2.68 bits per heavy atom. The van der Waals surface area contributed by atoms with Gasteiger partial charge in [-0.15, -0.1) is 0 Å². The van der Waals surface area contributed by atoms with Crippen molar-refractivity contribution in [1.29, 1.82) is 0 Å². The van der Waals surface area contributed by atoms with E-state index in [9.17, 15) is 4.79 Å². The van der Waals surface area contributed by atoms with E-state index in [1.54, 1.807) is 7.11 Å². The lowest BCUT2D eigenvalue weighted by Crippen LogP contribution is -2.50. The first-order chi connectivity index (χ1) is 10.7. The summed E-state index contributed by atoms with van der Waals surface area (Å²) < 4.78 is 4.92. The van der Waals surface area contributed by atoms with Crippen LogP contribution in [0.15, 0.2) is 30.3 Å². The fraction of sp³-hybridized carbons (Fsp3) is 0.412. The third-order valence-electron chi connectivity index (χ3n) is 4.13. The highest BCUT2D eigenvalue weighted by Crippen LogP contribution is 2.23. The first kappa shape index (κ1) is 14.8. The lowest BCUT2D eigenvalue weighted by molar-refractivity contribution is -0.135. The Bertz CT molecular complexity index is 679. The Morgan fingerprint density at radius 1 is 1.23 bits per heavy atom. The van der Waals surface area contributed by atoms with Gasteiger partial charge < -0.3 is 14.5 Å². The summed E-state index contributed by atoms with van der Waals surface area (Å²) in [6, 6.07) is 10.3. The number of rotatable bonds is 3. The van der Waals surface area contributed by atoms with Gasteiger partial charge in [-0.25, -0.2) is 4.98 Å². The van der Waals surface area contributed by atoms with Crippen LogP contribution in [0.5, 0.6) is 0 Å². The van der Waals surface area contributed by atoms with Crippen LogP contribution >= 0.6 is 0 Å². The quantitative estimate of drug-likeness (QED) is 0.867. The SMILES string of the molecule is COCC(=O)N1CCN(c2cc(C)c3ccccc3n2)CC1. The van der Waals surface area contributed by atoms with E-state index in [0.717, 1.165) is 37.5 Å². The van der Waals surface area contributed by atoms with Crippen molar-refractivity contribution in [2.75, 3.05) is 44.8 Å². The topological polar surface area (TPSA) is 45.7 Å². The molecule has 0 aliphatic carbocycles. The van der Waals surface area contributed by atoms with E-state index in [0.29, 0.717) is 0 Å². The maximum absolute atomic E-state index is 11.8. The van der Waals surface area contributed by atoms with Crippen molar-refractivity contribution in [3.8, 4) is 0 Å². The highest BCUT2D eigenvalue weighted by Gasteiger charge is 2.22. The summed E-state index contributed by atoms with van der Waals surface area (Å²) in [7, 11) is 1.55. The molecule has 0 N–H and O–H groups in total. The number of piperazine rings is 1. The van der Waals surface area contributed by atoms with Crippen molar-refractivity contribution in [3.05, 3.63) is 35.9 Å². The zero-order valence-electron chi connectivity index (χ0n) is 13.1. The molecule has 1 amide bonds. The second kappa shape index (κ2) is 6.32. The van der Waals surface area contributed by atoms with Crippen LogP contribution in [0.3, 0.4) is 0 Å². The molecule has 5 nitrogen and oxygen atoms in total. The van der Waals surface area contributed by atoms with E-state index in [1.165, 1.54) is 10.9 Å². The van der Waals surface area contributed by atoms with Crippen LogP contribution in [-0.2, 0) is 9.53 Å². The van der Waals surface area contributed by atoms with Gasteiger partial charge in [0.25, 0.3) is 0 Å². The Morgan fingerprint density at radius 2 is 1.95 bits per heavy atom. The largest absolute Gasteiger partial charge is 0.375 e. The molecule has 0 spiro atoms. The number of benzene rings is 1. The molecule has 1 saturated heterocycles. The number of nitrogens with zero attached hydrogens (tertiary/aromatic N) is 3. The number of ether oxygens (including phenoxy) is 1. The lowest BCUT2D eigenvalue weighted by atomic mass is 10.1. The number of hydrogen-bond donors (Lipinski definition) is 0. The molecule has 0 bridgehead atoms. The molecule has 116 valence electrons. The van der Waals surface area contributed by atoms with Gasteiger partial charge in [-0.1, -0.05) is 18.2 Å². The van der Waals surface area contributed by atoms with Crippen molar-refractivity contribution >= 4 is 22.6 Å². The molecule has 5 heteroatoms. The van der Waals surface area contributed by atoms with E-state index in [-0.39, 0.29) is 12.5 Å². The van der Waals surface area contributed by atoms with Crippen molar-refractivity contribution in [2.24, 2.45) is 0 Å². The third-order valence-corrected chi connectivity index (χ3v) is 4.13. The number of fused-ring (bicyclic) bond motifs is 1. The number of aromatic nitrogens is 1. The van der Waals surface area contributed by atoms with Crippen molar-refractivity contribution in [3.63, 3.8) is 0 Å². The average molecular weight is 299 g/mol. The van der Waals surface area contributed by atoms with E-state index < -0.39 is 0 Å². The number of para-hydroxylation sites is 1. The first-order valence-corrected chi connectivity index (χ1v) is 7.57. The molecule has 1 aliphatic heterocycles. The number of pyridine rings is 1. The summed E-state index contributed by atoms with van der Waals surface area (Å²) in [5.74, 6) is 1.06. The standard InChI is InChI=1S/C17H21N3O2/c1-13-11-16(18-15-6-4-3-5-14(13)15)19-7-9-20(10-8-19)17(21)12-22-2/h3-6,11H,7-10,12H2,1-2H3. The zero-order valence-corrected chi connectivity index (χ0v) is 13.1. The summed E-state index contributed by atoms with van der Waals surface area (Å²) in [5.41, 5.74) is 2.26. The summed E-state index contributed by atoms with van der Waals surface area (Å²) in [6.45, 7) is 5.32. The Kier molecular flexibility index (Phi) is 4.24. The molecule has 0 saturated carbocycles. The number of methoxy groups -OCH3 is 1. The molecule has 22 heavy (non-hydrogen) atoms. The van der Waals surface area contributed by atoms with Crippen LogP contribution in [0, 0.1) is 6.92 Å². The second-order valence-electron chi connectivity index (χ2n) is 5.62. The number of anilines is 1. The molecule has 1 aromatic heterocycles. The summed E-state index contributed by atoms with van der Waals surface area (Å²) in [6.07, 6.45) is 0. The van der Waals surface area contributed by atoms with Gasteiger partial charge in [-0.3, -0.25) is 4.79 Å². The zero-order chi connectivity index (χ0) is 15.5. The van der Waals surface area contributed by atoms with Crippen LogP contribution in [0.1, 0.15) is 5.56 Å². The van der Waals surface area contributed by atoms with Crippen molar-refractivity contribution < 1.29 is 9.53 Å². The van der Waals surface area contributed by atoms with Gasteiger partial charge in [0, 0.05) is 38.7 Å². The fourth-order valence-corrected chi connectivity index (χ4v) is 2.89. The predicted molar refractivity (Wildman–Crippen MR) is 87.1 cm³/mol. The Labute approximate surface area is 130 Å². The molecule has 0 atom stereocenters. The van der Waals surface area contributed by atoms with Crippen molar-refractivity contribution in [2.45, 2.75) is 6.92 Å². The van der Waals surface area contributed by atoms with Crippen LogP contribution in [0.25, 0.3) is 10.9 Å². The number of hydrogen-bond acceptors (Lipinski definition) is 4. The van der Waals surface area contributed by atoms with E-state index >= 15 is 0 Å². The normalized spacial score (nSPS) is 15.4. The number of carbonyl (C=O) groups is 1. The molecular weight excluding hydrogens is 278 g/mol. The minimum atomic E-state index is 0.0600. The van der Waals surface area contributed by atoms with Gasteiger partial charge >= 0.3 is 0 Å². The fourth-order valence-electron chi connectivity index (χ4n) is 2.89. The van der Waals surface area contributed by atoms with Gasteiger partial charge in [-0.05, 0) is 24.6 Å². The minimum absolute atomic E-state index is 0.0600. The monoisotopic (exact) mass is 299 g/mol. The summed E-state index contributed by atoms with van der Waals surface area (Å²) >= 11 is 0.